The van der Waals surface area contributed by atoms with Crippen molar-refractivity contribution in [1.82, 2.24) is 15.0 Å². The molecule has 0 radical (unpaired) electrons. The predicted octanol–water partition coefficient (Wildman–Crippen LogP) is 6.20. The number of aromatic nitrogens is 3. The highest BCUT2D eigenvalue weighted by Crippen LogP contribution is 2.28. The number of ether oxygens (including phenoxy) is 2. The van der Waals surface area contributed by atoms with Crippen LogP contribution in [-0.2, 0) is 6.61 Å². The van der Waals surface area contributed by atoms with Crippen LogP contribution in [0.15, 0.2) is 97.5 Å². The Bertz CT molecular complexity index is 1380. The van der Waals surface area contributed by atoms with Gasteiger partial charge in [-0.1, -0.05) is 36.4 Å². The maximum atomic E-state index is 14.6. The quantitative estimate of drug-likeness (QED) is 0.325. The van der Waals surface area contributed by atoms with Crippen molar-refractivity contribution in [1.29, 1.82) is 0 Å². The second kappa shape index (κ2) is 8.81. The van der Waals surface area contributed by atoms with Crippen molar-refractivity contribution in [3.05, 3.63) is 109 Å². The zero-order valence-corrected chi connectivity index (χ0v) is 17.0. The topological polar surface area (TPSA) is 57.1 Å². The lowest BCUT2D eigenvalue weighted by atomic mass is 10.1. The molecule has 0 aliphatic heterocycles. The predicted molar refractivity (Wildman–Crippen MR) is 120 cm³/mol. The fraction of sp³-hybridized carbons (Fsp3) is 0.0385. The summed E-state index contributed by atoms with van der Waals surface area (Å²) in [4.78, 5) is 12.8. The standard InChI is InChI=1S/C26H18FN3O2/c27-22-13-20(9-11-25(22)31-16-18-5-2-1-3-6-18)24-15-26(30-17-29-24)32-21-10-8-19-7-4-12-28-23(19)14-21/h1-15,17H,16H2. The third kappa shape index (κ3) is 4.39. The van der Waals surface area contributed by atoms with Crippen LogP contribution in [0.1, 0.15) is 5.56 Å². The molecule has 5 nitrogen and oxygen atoms in total. The van der Waals surface area contributed by atoms with Crippen LogP contribution < -0.4 is 9.47 Å². The van der Waals surface area contributed by atoms with Crippen LogP contribution in [0.3, 0.4) is 0 Å². The van der Waals surface area contributed by atoms with Gasteiger partial charge in [-0.2, -0.15) is 0 Å². The van der Waals surface area contributed by atoms with Crippen molar-refractivity contribution in [3.63, 3.8) is 0 Å². The Labute approximate surface area is 184 Å². The molecule has 0 aliphatic rings. The van der Waals surface area contributed by atoms with Crippen LogP contribution in [-0.4, -0.2) is 15.0 Å². The zero-order valence-electron chi connectivity index (χ0n) is 17.0. The fourth-order valence-corrected chi connectivity index (χ4v) is 3.30. The molecule has 5 aromatic rings. The van der Waals surface area contributed by atoms with E-state index in [0.717, 1.165) is 16.5 Å². The molecule has 0 N–H and O–H groups in total. The van der Waals surface area contributed by atoms with E-state index in [0.29, 0.717) is 29.5 Å². The van der Waals surface area contributed by atoms with Crippen molar-refractivity contribution in [3.8, 4) is 28.6 Å². The van der Waals surface area contributed by atoms with E-state index < -0.39 is 5.82 Å². The summed E-state index contributed by atoms with van der Waals surface area (Å²) in [7, 11) is 0. The second-order valence-electron chi connectivity index (χ2n) is 7.12. The Balaban J connectivity index is 1.33. The van der Waals surface area contributed by atoms with Crippen LogP contribution in [0.25, 0.3) is 22.2 Å². The summed E-state index contributed by atoms with van der Waals surface area (Å²) in [6.07, 6.45) is 3.12. The SMILES string of the molecule is Fc1cc(-c2cc(Oc3ccc4cccnc4c3)ncn2)ccc1OCc1ccccc1. The van der Waals surface area contributed by atoms with Gasteiger partial charge >= 0.3 is 0 Å². The minimum Gasteiger partial charge on any atom is -0.486 e. The molecule has 0 unspecified atom stereocenters. The minimum absolute atomic E-state index is 0.187. The summed E-state index contributed by atoms with van der Waals surface area (Å²) in [6, 6.07) is 25.5. The van der Waals surface area contributed by atoms with Gasteiger partial charge in [0.2, 0.25) is 5.88 Å². The van der Waals surface area contributed by atoms with Gasteiger partial charge in [0.1, 0.15) is 18.7 Å². The molecule has 32 heavy (non-hydrogen) atoms. The number of rotatable bonds is 6. The third-order valence-corrected chi connectivity index (χ3v) is 4.91. The molecule has 0 spiro atoms. The van der Waals surface area contributed by atoms with E-state index in [1.54, 1.807) is 24.4 Å². The number of benzene rings is 3. The summed E-state index contributed by atoms with van der Waals surface area (Å²) in [5.74, 6) is 0.693. The maximum Gasteiger partial charge on any atom is 0.222 e. The number of fused-ring (bicyclic) bond motifs is 1. The van der Waals surface area contributed by atoms with Gasteiger partial charge in [0.05, 0.1) is 11.2 Å². The highest BCUT2D eigenvalue weighted by atomic mass is 19.1. The van der Waals surface area contributed by atoms with Crippen LogP contribution in [0.4, 0.5) is 4.39 Å². The normalized spacial score (nSPS) is 10.8. The van der Waals surface area contributed by atoms with Crippen molar-refractivity contribution >= 4 is 10.9 Å². The monoisotopic (exact) mass is 423 g/mol. The van der Waals surface area contributed by atoms with Crippen molar-refractivity contribution in [2.75, 3.05) is 0 Å². The van der Waals surface area contributed by atoms with E-state index in [1.807, 2.05) is 60.7 Å². The molecule has 2 heterocycles. The van der Waals surface area contributed by atoms with Gasteiger partial charge in [-0.05, 0) is 42.0 Å². The summed E-state index contributed by atoms with van der Waals surface area (Å²) in [5.41, 5.74) is 2.94. The molecule has 0 bridgehead atoms. The highest BCUT2D eigenvalue weighted by Gasteiger charge is 2.10. The van der Waals surface area contributed by atoms with E-state index in [1.165, 1.54) is 12.4 Å². The van der Waals surface area contributed by atoms with E-state index in [9.17, 15) is 4.39 Å². The Morgan fingerprint density at radius 3 is 2.56 bits per heavy atom. The van der Waals surface area contributed by atoms with Crippen LogP contribution in [0, 0.1) is 5.82 Å². The molecular weight excluding hydrogens is 405 g/mol. The lowest BCUT2D eigenvalue weighted by Crippen LogP contribution is -1.98. The summed E-state index contributed by atoms with van der Waals surface area (Å²) >= 11 is 0. The number of hydrogen-bond acceptors (Lipinski definition) is 5. The lowest BCUT2D eigenvalue weighted by Gasteiger charge is -2.10. The molecule has 5 rings (SSSR count). The van der Waals surface area contributed by atoms with Gasteiger partial charge in [-0.3, -0.25) is 4.98 Å². The molecule has 0 saturated carbocycles. The third-order valence-electron chi connectivity index (χ3n) is 4.91. The molecule has 0 amide bonds. The first-order valence-corrected chi connectivity index (χ1v) is 10.1. The van der Waals surface area contributed by atoms with Crippen LogP contribution in [0.2, 0.25) is 0 Å². The van der Waals surface area contributed by atoms with Gasteiger partial charge in [0.25, 0.3) is 0 Å². The molecule has 0 aliphatic carbocycles. The van der Waals surface area contributed by atoms with Crippen LogP contribution >= 0.6 is 0 Å². The molecular formula is C26H18FN3O2. The largest absolute Gasteiger partial charge is 0.486 e. The smallest absolute Gasteiger partial charge is 0.222 e. The zero-order chi connectivity index (χ0) is 21.8. The molecule has 0 fully saturated rings. The average Bonchev–Trinajstić information content (AvgIpc) is 2.84. The molecule has 0 saturated heterocycles. The Morgan fingerprint density at radius 2 is 1.69 bits per heavy atom. The first-order chi connectivity index (χ1) is 15.7. The number of pyridine rings is 1. The second-order valence-corrected chi connectivity index (χ2v) is 7.12. The minimum atomic E-state index is -0.458. The van der Waals surface area contributed by atoms with Crippen molar-refractivity contribution in [2.45, 2.75) is 6.61 Å². The first kappa shape index (κ1) is 19.6. The molecule has 3 aromatic carbocycles. The maximum absolute atomic E-state index is 14.6. The summed E-state index contributed by atoms with van der Waals surface area (Å²) in [5, 5.41) is 1.02. The highest BCUT2D eigenvalue weighted by molar-refractivity contribution is 5.79. The molecule has 156 valence electrons. The Morgan fingerprint density at radius 1 is 0.781 bits per heavy atom. The summed E-state index contributed by atoms with van der Waals surface area (Å²) in [6.45, 7) is 0.295. The summed E-state index contributed by atoms with van der Waals surface area (Å²) < 4.78 is 26.1. The van der Waals surface area contributed by atoms with Gasteiger partial charge in [-0.15, -0.1) is 0 Å². The van der Waals surface area contributed by atoms with Crippen molar-refractivity contribution < 1.29 is 13.9 Å². The van der Waals surface area contributed by atoms with Crippen LogP contribution in [0.5, 0.6) is 17.4 Å². The molecule has 2 aromatic heterocycles. The Kier molecular flexibility index (Phi) is 5.41. The van der Waals surface area contributed by atoms with Gasteiger partial charge < -0.3 is 9.47 Å². The van der Waals surface area contributed by atoms with E-state index in [-0.39, 0.29) is 5.75 Å². The van der Waals surface area contributed by atoms with Gasteiger partial charge in [0.15, 0.2) is 11.6 Å². The number of hydrogen-bond donors (Lipinski definition) is 0. The van der Waals surface area contributed by atoms with Gasteiger partial charge in [0, 0.05) is 29.3 Å². The number of nitrogens with zero attached hydrogens (tertiary/aromatic N) is 3. The molecule has 0 atom stereocenters. The lowest BCUT2D eigenvalue weighted by molar-refractivity contribution is 0.290. The number of halogens is 1. The fourth-order valence-electron chi connectivity index (χ4n) is 3.30. The van der Waals surface area contributed by atoms with E-state index in [4.69, 9.17) is 9.47 Å². The van der Waals surface area contributed by atoms with Gasteiger partial charge in [-0.25, -0.2) is 14.4 Å². The average molecular weight is 423 g/mol. The van der Waals surface area contributed by atoms with Crippen molar-refractivity contribution in [2.24, 2.45) is 0 Å². The molecule has 6 heteroatoms. The first-order valence-electron chi connectivity index (χ1n) is 10.1. The Hall–Kier alpha value is -4.32. The van der Waals surface area contributed by atoms with E-state index >= 15 is 0 Å². The van der Waals surface area contributed by atoms with E-state index in [2.05, 4.69) is 15.0 Å².